The molecule has 3 rings (SSSR count). The minimum absolute atomic E-state index is 0.0351. The molecule has 178 valence electrons. The van der Waals surface area contributed by atoms with Crippen LogP contribution in [0.25, 0.3) is 0 Å². The third kappa shape index (κ3) is 5.92. The smallest absolute Gasteiger partial charge is 0.148 e. The van der Waals surface area contributed by atoms with Crippen molar-refractivity contribution in [2.75, 3.05) is 24.5 Å². The maximum atomic E-state index is 14.3. The molecule has 1 saturated heterocycles. The molecule has 1 aliphatic rings. The molecule has 1 aliphatic heterocycles. The molecule has 2 heterocycles. The molecule has 4 N–H and O–H groups in total. The molecule has 0 amide bonds. The zero-order valence-corrected chi connectivity index (χ0v) is 20.1. The predicted molar refractivity (Wildman–Crippen MR) is 131 cm³/mol. The van der Waals surface area contributed by atoms with E-state index in [4.69, 9.17) is 11.5 Å². The quantitative estimate of drug-likeness (QED) is 0.523. The van der Waals surface area contributed by atoms with Gasteiger partial charge in [0.2, 0.25) is 0 Å². The third-order valence-electron chi connectivity index (χ3n) is 6.04. The van der Waals surface area contributed by atoms with Crippen molar-refractivity contribution in [1.82, 2.24) is 4.98 Å². The number of halogens is 1. The van der Waals surface area contributed by atoms with Crippen LogP contribution in [0, 0.1) is 22.7 Å². The number of nitrogens with two attached hydrogens (primary N) is 2. The first-order valence-corrected chi connectivity index (χ1v) is 12.3. The third-order valence-corrected chi connectivity index (χ3v) is 7.08. The number of hydrogen-bond donors (Lipinski definition) is 2. The molecule has 0 spiro atoms. The Morgan fingerprint density at radius 3 is 2.50 bits per heavy atom. The highest BCUT2D eigenvalue weighted by molar-refractivity contribution is 7.98. The molecule has 0 radical (unpaired) electrons. The number of carbonyl (C=O) groups is 1. The number of alkyl halides is 1. The number of benzene rings is 1. The van der Waals surface area contributed by atoms with E-state index in [9.17, 15) is 19.7 Å². The second kappa shape index (κ2) is 11.9. The van der Waals surface area contributed by atoms with E-state index >= 15 is 0 Å². The first-order valence-electron chi connectivity index (χ1n) is 11.4. The number of thioether (sulfide) groups is 1. The van der Waals surface area contributed by atoms with Crippen molar-refractivity contribution in [2.45, 2.75) is 55.6 Å². The minimum atomic E-state index is -1.20. The van der Waals surface area contributed by atoms with Gasteiger partial charge in [-0.1, -0.05) is 31.2 Å². The van der Waals surface area contributed by atoms with Gasteiger partial charge in [-0.05, 0) is 36.0 Å². The number of nitrogens with zero attached hydrogens (tertiary/aromatic N) is 4. The molecular weight excluding hydrogens is 451 g/mol. The van der Waals surface area contributed by atoms with Gasteiger partial charge in [0.15, 0.2) is 0 Å². The Kier molecular flexibility index (Phi) is 9.00. The molecular formula is C25H29FN6OS. The fourth-order valence-corrected chi connectivity index (χ4v) is 4.93. The van der Waals surface area contributed by atoms with Gasteiger partial charge in [0, 0.05) is 24.8 Å². The van der Waals surface area contributed by atoms with Crippen molar-refractivity contribution < 1.29 is 9.18 Å². The lowest BCUT2D eigenvalue weighted by atomic mass is 9.99. The van der Waals surface area contributed by atoms with Crippen molar-refractivity contribution in [1.29, 1.82) is 10.5 Å². The molecule has 1 aromatic carbocycles. The van der Waals surface area contributed by atoms with Gasteiger partial charge in [-0.3, -0.25) is 4.79 Å². The van der Waals surface area contributed by atoms with Gasteiger partial charge in [-0.15, -0.1) is 11.8 Å². The Hall–Kier alpha value is -2.98. The molecule has 9 heteroatoms. The van der Waals surface area contributed by atoms with Crippen LogP contribution in [-0.4, -0.2) is 42.6 Å². The van der Waals surface area contributed by atoms with E-state index in [2.05, 4.69) is 17.1 Å². The summed E-state index contributed by atoms with van der Waals surface area (Å²) < 4.78 is 14.3. The topological polar surface area (TPSA) is 133 Å². The van der Waals surface area contributed by atoms with Crippen LogP contribution < -0.4 is 16.4 Å². The summed E-state index contributed by atoms with van der Waals surface area (Å²) >= 11 is 1.42. The van der Waals surface area contributed by atoms with Crippen LogP contribution in [0.2, 0.25) is 0 Å². The van der Waals surface area contributed by atoms with Crippen molar-refractivity contribution in [3.63, 3.8) is 0 Å². The molecule has 1 aromatic heterocycles. The number of pyridine rings is 1. The number of nitriles is 2. The highest BCUT2D eigenvalue weighted by Gasteiger charge is 2.30. The van der Waals surface area contributed by atoms with E-state index < -0.39 is 12.2 Å². The molecule has 2 aromatic rings. The average Bonchev–Trinajstić information content (AvgIpc) is 2.86. The Balaban J connectivity index is 1.84. The summed E-state index contributed by atoms with van der Waals surface area (Å²) in [7, 11) is 0. The number of aryl methyl sites for hydroxylation is 1. The Bertz CT molecular complexity index is 1110. The summed E-state index contributed by atoms with van der Waals surface area (Å²) in [4.78, 5) is 17.9. The van der Waals surface area contributed by atoms with Crippen LogP contribution in [0.15, 0.2) is 29.3 Å². The molecule has 0 aliphatic carbocycles. The molecule has 0 unspecified atom stereocenters. The summed E-state index contributed by atoms with van der Waals surface area (Å²) in [5.41, 5.74) is 14.7. The summed E-state index contributed by atoms with van der Waals surface area (Å²) in [5.74, 6) is 1.04. The van der Waals surface area contributed by atoms with E-state index in [1.807, 2.05) is 31.2 Å². The number of carbonyl (C=O) groups excluding carboxylic acids is 1. The zero-order valence-electron chi connectivity index (χ0n) is 19.3. The Morgan fingerprint density at radius 2 is 1.91 bits per heavy atom. The number of rotatable bonds is 9. The van der Waals surface area contributed by atoms with Crippen LogP contribution in [0.5, 0.6) is 0 Å². The normalized spacial score (nSPS) is 17.8. The van der Waals surface area contributed by atoms with E-state index in [1.165, 1.54) is 11.8 Å². The highest BCUT2D eigenvalue weighted by atomic mass is 32.2. The maximum Gasteiger partial charge on any atom is 0.148 e. The van der Waals surface area contributed by atoms with E-state index in [0.717, 1.165) is 11.1 Å². The summed E-state index contributed by atoms with van der Waals surface area (Å²) in [6, 6.07) is 11.9. The van der Waals surface area contributed by atoms with Gasteiger partial charge in [0.1, 0.15) is 34.9 Å². The van der Waals surface area contributed by atoms with Crippen LogP contribution in [0.3, 0.4) is 0 Å². The largest absolute Gasteiger partial charge is 0.352 e. The predicted octanol–water partition coefficient (Wildman–Crippen LogP) is 3.02. The fourth-order valence-electron chi connectivity index (χ4n) is 3.97. The van der Waals surface area contributed by atoms with Crippen molar-refractivity contribution in [2.24, 2.45) is 11.5 Å². The van der Waals surface area contributed by atoms with Gasteiger partial charge >= 0.3 is 0 Å². The SMILES string of the molecule is CCc1c(C#N)c(SCc2ccc(CCC(=O)CN)cc2)nc(N2CC[C@@H](N)[C@@H](F)C2)c1C#N. The van der Waals surface area contributed by atoms with Gasteiger partial charge in [0.05, 0.1) is 24.2 Å². The molecule has 2 atom stereocenters. The van der Waals surface area contributed by atoms with Gasteiger partial charge in [-0.25, -0.2) is 9.37 Å². The maximum absolute atomic E-state index is 14.3. The molecule has 0 bridgehead atoms. The summed E-state index contributed by atoms with van der Waals surface area (Å²) in [6.45, 7) is 2.55. The number of anilines is 1. The van der Waals surface area contributed by atoms with Crippen LogP contribution in [0.4, 0.5) is 10.2 Å². The lowest BCUT2D eigenvalue weighted by Gasteiger charge is -2.34. The first-order chi connectivity index (χ1) is 16.4. The zero-order chi connectivity index (χ0) is 24.7. The van der Waals surface area contributed by atoms with Crippen LogP contribution >= 0.6 is 11.8 Å². The number of Topliss-reactive ketones (excluding diaryl/α,β-unsaturated/α-hetero) is 1. The number of piperidine rings is 1. The lowest BCUT2D eigenvalue weighted by Crippen LogP contribution is -2.49. The summed E-state index contributed by atoms with van der Waals surface area (Å²) in [5, 5.41) is 20.2. The molecule has 34 heavy (non-hydrogen) atoms. The van der Waals surface area contributed by atoms with Crippen LogP contribution in [0.1, 0.15) is 47.6 Å². The molecule has 7 nitrogen and oxygen atoms in total. The number of ketones is 1. The van der Waals surface area contributed by atoms with E-state index in [0.29, 0.717) is 65.5 Å². The Labute approximate surface area is 203 Å². The second-order valence-electron chi connectivity index (χ2n) is 8.31. The summed E-state index contributed by atoms with van der Waals surface area (Å²) in [6.07, 6.45) is 0.850. The fraction of sp³-hybridized carbons (Fsp3) is 0.440. The van der Waals surface area contributed by atoms with E-state index in [1.54, 1.807) is 4.90 Å². The first kappa shape index (κ1) is 25.6. The minimum Gasteiger partial charge on any atom is -0.352 e. The van der Waals surface area contributed by atoms with Crippen molar-refractivity contribution in [3.8, 4) is 12.1 Å². The van der Waals surface area contributed by atoms with E-state index in [-0.39, 0.29) is 18.9 Å². The van der Waals surface area contributed by atoms with Crippen LogP contribution in [-0.2, 0) is 23.4 Å². The lowest BCUT2D eigenvalue weighted by molar-refractivity contribution is -0.117. The molecule has 1 fully saturated rings. The van der Waals surface area contributed by atoms with Gasteiger partial charge < -0.3 is 16.4 Å². The highest BCUT2D eigenvalue weighted by Crippen LogP contribution is 2.34. The van der Waals surface area contributed by atoms with Crippen molar-refractivity contribution >= 4 is 23.4 Å². The standard InChI is InChI=1S/C25H29FN6OS/c1-2-19-20(12-28)24(32-10-9-23(30)22(26)14-32)31-25(21(19)13-29)34-15-17-5-3-16(4-6-17)7-8-18(33)11-27/h3-6,22-23H,2,7-11,14-15,27,30H2,1H3/t22-,23+/m0/s1. The van der Waals surface area contributed by atoms with Gasteiger partial charge in [0.25, 0.3) is 0 Å². The van der Waals surface area contributed by atoms with Gasteiger partial charge in [-0.2, -0.15) is 10.5 Å². The number of aromatic nitrogens is 1. The number of hydrogen-bond acceptors (Lipinski definition) is 8. The monoisotopic (exact) mass is 480 g/mol. The Morgan fingerprint density at radius 1 is 1.24 bits per heavy atom. The van der Waals surface area contributed by atoms with Crippen molar-refractivity contribution in [3.05, 3.63) is 52.1 Å². The molecule has 0 saturated carbocycles. The second-order valence-corrected chi connectivity index (χ2v) is 9.27. The average molecular weight is 481 g/mol.